The van der Waals surface area contributed by atoms with Crippen LogP contribution in [0.25, 0.3) is 0 Å². The molecule has 2 N–H and O–H groups in total. The zero-order chi connectivity index (χ0) is 14.0. The molecule has 2 aromatic carbocycles. The third kappa shape index (κ3) is 3.10. The zero-order valence-electron chi connectivity index (χ0n) is 10.3. The van der Waals surface area contributed by atoms with E-state index in [2.05, 4.69) is 0 Å². The van der Waals surface area contributed by atoms with Crippen molar-refractivity contribution in [2.75, 3.05) is 0 Å². The van der Waals surface area contributed by atoms with Crippen LogP contribution in [0.4, 0.5) is 5.69 Å². The van der Waals surface area contributed by atoms with Gasteiger partial charge < -0.3 is 5.73 Å². The molecule has 5 heteroatoms. The molecule has 0 saturated carbocycles. The summed E-state index contributed by atoms with van der Waals surface area (Å²) in [5.41, 5.74) is 8.53. The summed E-state index contributed by atoms with van der Waals surface area (Å²) < 4.78 is 0. The Bertz CT molecular complexity index is 629. The first-order valence-electron chi connectivity index (χ1n) is 5.74. The van der Waals surface area contributed by atoms with Gasteiger partial charge in [-0.1, -0.05) is 29.8 Å². The number of nitrogens with two attached hydrogens (primary N) is 1. The van der Waals surface area contributed by atoms with Crippen molar-refractivity contribution in [1.29, 1.82) is 0 Å². The van der Waals surface area contributed by atoms with Crippen LogP contribution in [0.15, 0.2) is 42.5 Å². The van der Waals surface area contributed by atoms with Crippen molar-refractivity contribution in [3.63, 3.8) is 0 Å². The Morgan fingerprint density at radius 2 is 1.95 bits per heavy atom. The number of aryl methyl sites for hydroxylation is 1. The summed E-state index contributed by atoms with van der Waals surface area (Å²) in [6.07, 6.45) is 0. The van der Waals surface area contributed by atoms with Gasteiger partial charge in [-0.3, -0.25) is 10.1 Å². The number of halogens is 1. The third-order valence-corrected chi connectivity index (χ3v) is 3.10. The molecule has 2 rings (SSSR count). The van der Waals surface area contributed by atoms with Crippen molar-refractivity contribution in [1.82, 2.24) is 0 Å². The van der Waals surface area contributed by atoms with E-state index in [4.69, 9.17) is 17.3 Å². The Hall–Kier alpha value is -1.91. The molecule has 0 saturated heterocycles. The van der Waals surface area contributed by atoms with Gasteiger partial charge in [-0.2, -0.15) is 0 Å². The molecule has 1 atom stereocenters. The van der Waals surface area contributed by atoms with Crippen LogP contribution in [0.1, 0.15) is 22.7 Å². The van der Waals surface area contributed by atoms with Crippen molar-refractivity contribution < 1.29 is 4.92 Å². The van der Waals surface area contributed by atoms with Crippen LogP contribution in [0.5, 0.6) is 0 Å². The summed E-state index contributed by atoms with van der Waals surface area (Å²) in [5, 5.41) is 11.5. The smallest absolute Gasteiger partial charge is 0.270 e. The van der Waals surface area contributed by atoms with Gasteiger partial charge in [-0.25, -0.2) is 0 Å². The van der Waals surface area contributed by atoms with Crippen LogP contribution < -0.4 is 5.73 Å². The quantitative estimate of drug-likeness (QED) is 0.688. The highest BCUT2D eigenvalue weighted by molar-refractivity contribution is 6.30. The van der Waals surface area contributed by atoms with E-state index < -0.39 is 11.0 Å². The molecule has 2 aromatic rings. The second-order valence-electron chi connectivity index (χ2n) is 4.39. The summed E-state index contributed by atoms with van der Waals surface area (Å²) in [5.74, 6) is 0. The first-order chi connectivity index (χ1) is 8.97. The molecule has 0 aliphatic carbocycles. The monoisotopic (exact) mass is 276 g/mol. The molecule has 19 heavy (non-hydrogen) atoms. The average Bonchev–Trinajstić information content (AvgIpc) is 2.37. The lowest BCUT2D eigenvalue weighted by Crippen LogP contribution is -2.12. The number of hydrogen-bond acceptors (Lipinski definition) is 3. The fourth-order valence-corrected chi connectivity index (χ4v) is 2.17. The van der Waals surface area contributed by atoms with Gasteiger partial charge in [0.05, 0.1) is 11.0 Å². The van der Waals surface area contributed by atoms with E-state index in [1.54, 1.807) is 19.1 Å². The first-order valence-corrected chi connectivity index (χ1v) is 6.12. The van der Waals surface area contributed by atoms with E-state index in [9.17, 15) is 10.1 Å². The Balaban J connectivity index is 2.43. The van der Waals surface area contributed by atoms with Crippen molar-refractivity contribution in [2.45, 2.75) is 13.0 Å². The first kappa shape index (κ1) is 13.5. The number of non-ortho nitro benzene ring substituents is 1. The lowest BCUT2D eigenvalue weighted by atomic mass is 9.97. The molecule has 0 bridgehead atoms. The van der Waals surface area contributed by atoms with Gasteiger partial charge in [0, 0.05) is 17.2 Å². The maximum atomic E-state index is 10.9. The molecule has 98 valence electrons. The highest BCUT2D eigenvalue weighted by atomic mass is 35.5. The fraction of sp³-hybridized carbons (Fsp3) is 0.143. The molecule has 0 aliphatic rings. The van der Waals surface area contributed by atoms with E-state index in [-0.39, 0.29) is 5.69 Å². The molecular weight excluding hydrogens is 264 g/mol. The Morgan fingerprint density at radius 3 is 2.58 bits per heavy atom. The molecule has 0 aliphatic heterocycles. The second-order valence-corrected chi connectivity index (χ2v) is 4.83. The lowest BCUT2D eigenvalue weighted by molar-refractivity contribution is -0.385. The van der Waals surface area contributed by atoms with E-state index in [0.717, 1.165) is 11.1 Å². The molecule has 0 radical (unpaired) electrons. The standard InChI is InChI=1S/C14H13ClN2O2/c1-9-5-11(8-13(6-9)17(18)19)14(16)10-3-2-4-12(15)7-10/h2-8,14H,16H2,1H3. The Kier molecular flexibility index (Phi) is 3.83. The summed E-state index contributed by atoms with van der Waals surface area (Å²) in [6.45, 7) is 1.81. The van der Waals surface area contributed by atoms with Crippen LogP contribution in [0.2, 0.25) is 5.02 Å². The molecule has 4 nitrogen and oxygen atoms in total. The number of nitrogens with zero attached hydrogens (tertiary/aromatic N) is 1. The number of nitro benzene ring substituents is 1. The fourth-order valence-electron chi connectivity index (χ4n) is 1.97. The van der Waals surface area contributed by atoms with E-state index in [1.165, 1.54) is 12.1 Å². The summed E-state index contributed by atoms with van der Waals surface area (Å²) in [4.78, 5) is 10.4. The van der Waals surface area contributed by atoms with Crippen LogP contribution in [0.3, 0.4) is 0 Å². The Labute approximate surface area is 116 Å². The Morgan fingerprint density at radius 1 is 1.21 bits per heavy atom. The second kappa shape index (κ2) is 5.38. The van der Waals surface area contributed by atoms with Crippen LogP contribution in [-0.2, 0) is 0 Å². The molecular formula is C14H13ClN2O2. The molecule has 0 fully saturated rings. The third-order valence-electron chi connectivity index (χ3n) is 2.86. The average molecular weight is 277 g/mol. The van der Waals surface area contributed by atoms with Crippen molar-refractivity contribution in [2.24, 2.45) is 5.73 Å². The van der Waals surface area contributed by atoms with Crippen LogP contribution in [0, 0.1) is 17.0 Å². The van der Waals surface area contributed by atoms with Gasteiger partial charge in [0.25, 0.3) is 5.69 Å². The van der Waals surface area contributed by atoms with Crippen molar-refractivity contribution in [3.05, 3.63) is 74.3 Å². The van der Waals surface area contributed by atoms with Gasteiger partial charge in [-0.15, -0.1) is 0 Å². The predicted octanol–water partition coefficient (Wildman–Crippen LogP) is 3.60. The van der Waals surface area contributed by atoms with Gasteiger partial charge in [0.15, 0.2) is 0 Å². The maximum Gasteiger partial charge on any atom is 0.270 e. The minimum absolute atomic E-state index is 0.0486. The van der Waals surface area contributed by atoms with Crippen molar-refractivity contribution >= 4 is 17.3 Å². The largest absolute Gasteiger partial charge is 0.320 e. The topological polar surface area (TPSA) is 69.2 Å². The molecule has 1 unspecified atom stereocenters. The maximum absolute atomic E-state index is 10.9. The minimum Gasteiger partial charge on any atom is -0.320 e. The molecule has 0 heterocycles. The van der Waals surface area contributed by atoms with Crippen LogP contribution in [-0.4, -0.2) is 4.92 Å². The van der Waals surface area contributed by atoms with E-state index in [0.29, 0.717) is 10.6 Å². The zero-order valence-corrected chi connectivity index (χ0v) is 11.1. The molecule has 0 spiro atoms. The van der Waals surface area contributed by atoms with Gasteiger partial charge in [0.1, 0.15) is 0 Å². The van der Waals surface area contributed by atoms with Gasteiger partial charge >= 0.3 is 0 Å². The summed E-state index contributed by atoms with van der Waals surface area (Å²) in [6, 6.07) is 11.6. The van der Waals surface area contributed by atoms with E-state index >= 15 is 0 Å². The van der Waals surface area contributed by atoms with Gasteiger partial charge in [-0.05, 0) is 35.7 Å². The number of nitro groups is 1. The minimum atomic E-state index is -0.433. The summed E-state index contributed by atoms with van der Waals surface area (Å²) >= 11 is 5.93. The molecule has 0 amide bonds. The van der Waals surface area contributed by atoms with Crippen molar-refractivity contribution in [3.8, 4) is 0 Å². The normalized spacial score (nSPS) is 12.2. The van der Waals surface area contributed by atoms with Gasteiger partial charge in [0.2, 0.25) is 0 Å². The highest BCUT2D eigenvalue weighted by Gasteiger charge is 2.14. The lowest BCUT2D eigenvalue weighted by Gasteiger charge is -2.13. The predicted molar refractivity (Wildman–Crippen MR) is 75.3 cm³/mol. The number of benzene rings is 2. The molecule has 0 aromatic heterocycles. The number of rotatable bonds is 3. The highest BCUT2D eigenvalue weighted by Crippen LogP contribution is 2.26. The SMILES string of the molecule is Cc1cc(C(N)c2cccc(Cl)c2)cc([N+](=O)[O-])c1. The van der Waals surface area contributed by atoms with Crippen LogP contribution >= 0.6 is 11.6 Å². The van der Waals surface area contributed by atoms with E-state index in [1.807, 2.05) is 18.2 Å². The summed E-state index contributed by atoms with van der Waals surface area (Å²) in [7, 11) is 0. The number of hydrogen-bond donors (Lipinski definition) is 1.